The smallest absolute Gasteiger partial charge is 0.276 e. The van der Waals surface area contributed by atoms with Crippen molar-refractivity contribution in [1.82, 2.24) is 4.98 Å². The summed E-state index contributed by atoms with van der Waals surface area (Å²) < 4.78 is 0. The van der Waals surface area contributed by atoms with Gasteiger partial charge in [-0.3, -0.25) is 10.1 Å². The Kier molecular flexibility index (Phi) is 5.11. The van der Waals surface area contributed by atoms with Crippen LogP contribution in [-0.4, -0.2) is 16.5 Å². The fraction of sp³-hybridized carbons (Fsp3) is 0.615. The number of rotatable bonds is 7. The maximum absolute atomic E-state index is 10.8. The van der Waals surface area contributed by atoms with Crippen LogP contribution in [0.4, 0.5) is 17.3 Å². The lowest BCUT2D eigenvalue weighted by atomic mass is 10.0. The van der Waals surface area contributed by atoms with Gasteiger partial charge < -0.3 is 10.7 Å². The van der Waals surface area contributed by atoms with Crippen molar-refractivity contribution in [2.45, 2.75) is 38.5 Å². The molecule has 0 amide bonds. The summed E-state index contributed by atoms with van der Waals surface area (Å²) in [4.78, 5) is 14.5. The van der Waals surface area contributed by atoms with Crippen LogP contribution in [0.5, 0.6) is 0 Å². The van der Waals surface area contributed by atoms with Crippen molar-refractivity contribution in [1.29, 1.82) is 0 Å². The van der Waals surface area contributed by atoms with Crippen LogP contribution in [0.25, 0.3) is 0 Å². The molecule has 1 saturated carbocycles. The number of nitrogen functional groups attached to an aromatic ring is 1. The zero-order chi connectivity index (χ0) is 14.4. The van der Waals surface area contributed by atoms with E-state index >= 15 is 0 Å². The topological polar surface area (TPSA) is 106 Å². The van der Waals surface area contributed by atoms with Crippen LogP contribution in [0, 0.1) is 16.0 Å². The molecule has 0 bridgehead atoms. The second-order valence-electron chi connectivity index (χ2n) is 5.22. The van der Waals surface area contributed by atoms with Gasteiger partial charge in [0.25, 0.3) is 5.69 Å². The minimum atomic E-state index is -0.452. The molecule has 20 heavy (non-hydrogen) atoms. The van der Waals surface area contributed by atoms with E-state index in [-0.39, 0.29) is 11.5 Å². The van der Waals surface area contributed by atoms with Crippen LogP contribution < -0.4 is 16.6 Å². The summed E-state index contributed by atoms with van der Waals surface area (Å²) in [5.41, 5.74) is 2.32. The van der Waals surface area contributed by atoms with E-state index in [2.05, 4.69) is 15.7 Å². The maximum Gasteiger partial charge on any atom is 0.276 e. The number of nitro groups is 1. The van der Waals surface area contributed by atoms with Crippen molar-refractivity contribution in [2.24, 2.45) is 11.8 Å². The lowest BCUT2D eigenvalue weighted by molar-refractivity contribution is -0.384. The van der Waals surface area contributed by atoms with Crippen LogP contribution in [0.3, 0.4) is 0 Å². The average molecular weight is 279 g/mol. The first-order valence-corrected chi connectivity index (χ1v) is 7.06. The van der Waals surface area contributed by atoms with E-state index in [1.165, 1.54) is 44.2 Å². The molecule has 2 rings (SSSR count). The molecular weight excluding hydrogens is 258 g/mol. The SMILES string of the molecule is NNc1cc([N+](=O)[O-])cc(NCCCC2CCCC2)n1. The van der Waals surface area contributed by atoms with Crippen molar-refractivity contribution in [3.05, 3.63) is 22.2 Å². The molecule has 0 aliphatic heterocycles. The molecule has 110 valence electrons. The molecule has 1 heterocycles. The third kappa shape index (κ3) is 4.06. The van der Waals surface area contributed by atoms with Crippen molar-refractivity contribution >= 4 is 17.3 Å². The van der Waals surface area contributed by atoms with Gasteiger partial charge in [0.2, 0.25) is 0 Å². The molecule has 1 aliphatic carbocycles. The minimum Gasteiger partial charge on any atom is -0.370 e. The lowest BCUT2D eigenvalue weighted by Gasteiger charge is -2.10. The Bertz CT molecular complexity index is 460. The summed E-state index contributed by atoms with van der Waals surface area (Å²) in [5, 5.41) is 13.9. The second-order valence-corrected chi connectivity index (χ2v) is 5.22. The van der Waals surface area contributed by atoms with E-state index in [1.807, 2.05) is 0 Å². The number of hydrogen-bond donors (Lipinski definition) is 3. The van der Waals surface area contributed by atoms with Crippen LogP contribution in [0.15, 0.2) is 12.1 Å². The Morgan fingerprint density at radius 3 is 2.70 bits per heavy atom. The van der Waals surface area contributed by atoms with Crippen LogP contribution in [0.1, 0.15) is 38.5 Å². The number of aromatic nitrogens is 1. The van der Waals surface area contributed by atoms with Crippen LogP contribution >= 0.6 is 0 Å². The molecular formula is C13H21N5O2. The predicted octanol–water partition coefficient (Wildman–Crippen LogP) is 2.66. The summed E-state index contributed by atoms with van der Waals surface area (Å²) in [6.07, 6.45) is 7.67. The van der Waals surface area contributed by atoms with Crippen molar-refractivity contribution < 1.29 is 4.92 Å². The van der Waals surface area contributed by atoms with E-state index in [0.29, 0.717) is 5.82 Å². The van der Waals surface area contributed by atoms with Crippen LogP contribution in [0.2, 0.25) is 0 Å². The van der Waals surface area contributed by atoms with Gasteiger partial charge in [-0.1, -0.05) is 25.7 Å². The van der Waals surface area contributed by atoms with E-state index in [4.69, 9.17) is 5.84 Å². The van der Waals surface area contributed by atoms with Gasteiger partial charge in [0.15, 0.2) is 0 Å². The Hall–Kier alpha value is -1.89. The molecule has 7 nitrogen and oxygen atoms in total. The fourth-order valence-electron chi connectivity index (χ4n) is 2.69. The third-order valence-electron chi connectivity index (χ3n) is 3.74. The Balaban J connectivity index is 1.84. The van der Waals surface area contributed by atoms with E-state index in [1.54, 1.807) is 0 Å². The van der Waals surface area contributed by atoms with E-state index < -0.39 is 4.92 Å². The van der Waals surface area contributed by atoms with Crippen LogP contribution in [-0.2, 0) is 0 Å². The quantitative estimate of drug-likeness (QED) is 0.306. The monoisotopic (exact) mass is 279 g/mol. The standard InChI is InChI=1S/C13H21N5O2/c14-17-13-9-11(18(19)20)8-12(16-13)15-7-3-6-10-4-1-2-5-10/h8-10H,1-7,14H2,(H2,15,16,17). The molecule has 1 aliphatic rings. The average Bonchev–Trinajstić information content (AvgIpc) is 2.96. The van der Waals surface area contributed by atoms with Gasteiger partial charge in [0.1, 0.15) is 11.6 Å². The summed E-state index contributed by atoms with van der Waals surface area (Å²) in [7, 11) is 0. The number of nitrogens with one attached hydrogen (secondary N) is 2. The zero-order valence-corrected chi connectivity index (χ0v) is 11.5. The summed E-state index contributed by atoms with van der Waals surface area (Å²) in [5.74, 6) is 6.89. The zero-order valence-electron chi connectivity index (χ0n) is 11.5. The normalized spacial score (nSPS) is 15.2. The number of nitrogens with zero attached hydrogens (tertiary/aromatic N) is 2. The fourth-order valence-corrected chi connectivity index (χ4v) is 2.69. The first-order valence-electron chi connectivity index (χ1n) is 7.06. The van der Waals surface area contributed by atoms with Gasteiger partial charge in [0.05, 0.1) is 17.1 Å². The summed E-state index contributed by atoms with van der Waals surface area (Å²) in [6, 6.07) is 2.74. The molecule has 1 aromatic rings. The molecule has 1 fully saturated rings. The molecule has 0 radical (unpaired) electrons. The van der Waals surface area contributed by atoms with E-state index in [9.17, 15) is 10.1 Å². The number of hydrazine groups is 1. The number of hydrogen-bond acceptors (Lipinski definition) is 6. The van der Waals surface area contributed by atoms with Gasteiger partial charge in [-0.25, -0.2) is 10.8 Å². The highest BCUT2D eigenvalue weighted by atomic mass is 16.6. The van der Waals surface area contributed by atoms with Gasteiger partial charge in [0, 0.05) is 6.54 Å². The minimum absolute atomic E-state index is 0.0220. The second kappa shape index (κ2) is 7.04. The maximum atomic E-state index is 10.8. The number of anilines is 2. The molecule has 0 atom stereocenters. The van der Waals surface area contributed by atoms with Gasteiger partial charge in [-0.05, 0) is 18.8 Å². The Labute approximate surface area is 118 Å². The van der Waals surface area contributed by atoms with Crippen molar-refractivity contribution in [2.75, 3.05) is 17.3 Å². The molecule has 7 heteroatoms. The predicted molar refractivity (Wildman–Crippen MR) is 78.4 cm³/mol. The largest absolute Gasteiger partial charge is 0.370 e. The summed E-state index contributed by atoms with van der Waals surface area (Å²) >= 11 is 0. The highest BCUT2D eigenvalue weighted by molar-refractivity contribution is 5.54. The van der Waals surface area contributed by atoms with Crippen molar-refractivity contribution in [3.63, 3.8) is 0 Å². The first kappa shape index (κ1) is 14.5. The van der Waals surface area contributed by atoms with Gasteiger partial charge in [-0.2, -0.15) is 0 Å². The Morgan fingerprint density at radius 2 is 2.05 bits per heavy atom. The van der Waals surface area contributed by atoms with Crippen molar-refractivity contribution in [3.8, 4) is 0 Å². The number of pyridine rings is 1. The van der Waals surface area contributed by atoms with Gasteiger partial charge >= 0.3 is 0 Å². The third-order valence-corrected chi connectivity index (χ3v) is 3.74. The first-order chi connectivity index (χ1) is 9.69. The molecule has 0 spiro atoms. The molecule has 0 aromatic carbocycles. The lowest BCUT2D eigenvalue weighted by Crippen LogP contribution is -2.11. The van der Waals surface area contributed by atoms with E-state index in [0.717, 1.165) is 18.9 Å². The summed E-state index contributed by atoms with van der Waals surface area (Å²) in [6.45, 7) is 0.772. The molecule has 0 saturated heterocycles. The highest BCUT2D eigenvalue weighted by Gasteiger charge is 2.14. The molecule has 0 unspecified atom stereocenters. The number of nitrogens with two attached hydrogens (primary N) is 1. The molecule has 1 aromatic heterocycles. The molecule has 4 N–H and O–H groups in total. The highest BCUT2D eigenvalue weighted by Crippen LogP contribution is 2.28. The van der Waals surface area contributed by atoms with Gasteiger partial charge in [-0.15, -0.1) is 0 Å². The Morgan fingerprint density at radius 1 is 1.35 bits per heavy atom.